The number of nitrogens with zero attached hydrogens (tertiary/aromatic N) is 2. The van der Waals surface area contributed by atoms with Crippen LogP contribution in [0.25, 0.3) is 11.2 Å². The van der Waals surface area contributed by atoms with E-state index in [1.165, 1.54) is 19.2 Å². The summed E-state index contributed by atoms with van der Waals surface area (Å²) < 4.78 is 56.8. The van der Waals surface area contributed by atoms with Gasteiger partial charge in [-0.3, -0.25) is 4.79 Å². The van der Waals surface area contributed by atoms with Crippen LogP contribution >= 0.6 is 0 Å². The number of fused-ring (bicyclic) bond motifs is 1. The molecule has 1 saturated carbocycles. The van der Waals surface area contributed by atoms with E-state index in [1.54, 1.807) is 19.1 Å². The summed E-state index contributed by atoms with van der Waals surface area (Å²) in [6, 6.07) is 6.21. The molecule has 4 rings (SSSR count). The number of halogens is 2. The van der Waals surface area contributed by atoms with Crippen LogP contribution in [-0.4, -0.2) is 42.6 Å². The Kier molecular flexibility index (Phi) is 6.06. The highest BCUT2D eigenvalue weighted by Gasteiger charge is 2.30. The molecule has 0 spiro atoms. The molecular weight excluding hydrogens is 456 g/mol. The van der Waals surface area contributed by atoms with Gasteiger partial charge in [-0.2, -0.15) is 0 Å². The van der Waals surface area contributed by atoms with Gasteiger partial charge in [0.1, 0.15) is 11.3 Å². The van der Waals surface area contributed by atoms with E-state index in [-0.39, 0.29) is 51.2 Å². The van der Waals surface area contributed by atoms with Gasteiger partial charge >= 0.3 is 0 Å². The highest BCUT2D eigenvalue weighted by atomic mass is 32.2. The Morgan fingerprint density at radius 3 is 2.55 bits per heavy atom. The molecule has 1 aliphatic rings. The number of hydrogen-bond donors (Lipinski definition) is 3. The van der Waals surface area contributed by atoms with Crippen molar-refractivity contribution in [1.82, 2.24) is 15.0 Å². The van der Waals surface area contributed by atoms with Gasteiger partial charge in [0.05, 0.1) is 22.4 Å². The summed E-state index contributed by atoms with van der Waals surface area (Å²) >= 11 is 0. The number of carbonyl (C=O) groups is 1. The molecule has 1 unspecified atom stereocenters. The van der Waals surface area contributed by atoms with Crippen LogP contribution in [0.1, 0.15) is 43.7 Å². The number of nitrogens with one attached hydrogen (secondary N) is 3. The third-order valence-electron chi connectivity index (χ3n) is 5.38. The number of aromatic amines is 1. The topological polar surface area (TPSA) is 126 Å². The number of methoxy groups -OCH3 is 1. The van der Waals surface area contributed by atoms with Crippen LogP contribution in [0, 0.1) is 5.92 Å². The molecule has 1 amide bonds. The Morgan fingerprint density at radius 2 is 1.94 bits per heavy atom. The van der Waals surface area contributed by atoms with Gasteiger partial charge in [0.2, 0.25) is 5.91 Å². The Hall–Kier alpha value is -3.12. The van der Waals surface area contributed by atoms with Crippen LogP contribution in [0.15, 0.2) is 29.2 Å². The van der Waals surface area contributed by atoms with Crippen molar-refractivity contribution in [3.8, 4) is 0 Å². The molecule has 33 heavy (non-hydrogen) atoms. The van der Waals surface area contributed by atoms with Crippen molar-refractivity contribution in [3.05, 3.63) is 35.7 Å². The first-order valence-electron chi connectivity index (χ1n) is 10.2. The first kappa shape index (κ1) is 23.1. The summed E-state index contributed by atoms with van der Waals surface area (Å²) in [5.41, 5.74) is 1.21. The second-order valence-electron chi connectivity index (χ2n) is 7.97. The number of amides is 1. The van der Waals surface area contributed by atoms with Gasteiger partial charge in [-0.15, -0.1) is 0 Å². The van der Waals surface area contributed by atoms with Crippen molar-refractivity contribution in [2.75, 3.05) is 24.0 Å². The summed E-state index contributed by atoms with van der Waals surface area (Å²) in [5.74, 6) is -0.753. The van der Waals surface area contributed by atoms with E-state index >= 15 is 0 Å². The molecule has 2 heterocycles. The minimum absolute atomic E-state index is 0.00190. The zero-order valence-electron chi connectivity index (χ0n) is 18.1. The normalized spacial score (nSPS) is 15.1. The minimum atomic E-state index is -3.66. The number of ether oxygens (including phenoxy) is 1. The van der Waals surface area contributed by atoms with E-state index in [0.29, 0.717) is 5.56 Å². The molecule has 3 N–H and O–H groups in total. The van der Waals surface area contributed by atoms with Crippen molar-refractivity contribution >= 4 is 44.1 Å². The van der Waals surface area contributed by atoms with Gasteiger partial charge in [-0.1, -0.05) is 6.07 Å². The van der Waals surface area contributed by atoms with Gasteiger partial charge < -0.3 is 20.4 Å². The largest absolute Gasteiger partial charge is 0.377 e. The zero-order valence-corrected chi connectivity index (χ0v) is 19.0. The number of sulfone groups is 1. The average molecular weight is 480 g/mol. The molecule has 1 aliphatic carbocycles. The SMILES string of the molecule is COC(C)c1ccc(Nc2cc(NC(=O)C3CC3)nc3[nH]c(C(F)F)nc23)c(S(C)(=O)=O)c1. The van der Waals surface area contributed by atoms with Crippen molar-refractivity contribution in [1.29, 1.82) is 0 Å². The summed E-state index contributed by atoms with van der Waals surface area (Å²) in [5, 5.41) is 5.66. The predicted molar refractivity (Wildman–Crippen MR) is 118 cm³/mol. The molecule has 176 valence electrons. The first-order valence-corrected chi connectivity index (χ1v) is 12.1. The van der Waals surface area contributed by atoms with Crippen LogP contribution in [0.3, 0.4) is 0 Å². The number of imidazole rings is 1. The van der Waals surface area contributed by atoms with Crippen molar-refractivity contribution in [2.45, 2.75) is 37.2 Å². The summed E-state index contributed by atoms with van der Waals surface area (Å²) in [7, 11) is -2.15. The first-order chi connectivity index (χ1) is 15.6. The Labute approximate surface area is 188 Å². The van der Waals surface area contributed by atoms with E-state index in [9.17, 15) is 22.0 Å². The summed E-state index contributed by atoms with van der Waals surface area (Å²) in [4.78, 5) is 22.8. The molecule has 0 saturated heterocycles. The summed E-state index contributed by atoms with van der Waals surface area (Å²) in [6.07, 6.45) is -0.568. The van der Waals surface area contributed by atoms with Crippen molar-refractivity contribution < 1.29 is 26.7 Å². The number of alkyl halides is 2. The fraction of sp³-hybridized carbons (Fsp3) is 0.381. The number of pyridine rings is 1. The van der Waals surface area contributed by atoms with Crippen LogP contribution in [-0.2, 0) is 19.4 Å². The highest BCUT2D eigenvalue weighted by Crippen LogP contribution is 2.34. The minimum Gasteiger partial charge on any atom is -0.377 e. The number of anilines is 3. The number of benzene rings is 1. The van der Waals surface area contributed by atoms with E-state index in [2.05, 4.69) is 25.6 Å². The van der Waals surface area contributed by atoms with Crippen LogP contribution in [0.4, 0.5) is 26.0 Å². The number of carbonyl (C=O) groups excluding carboxylic acids is 1. The molecule has 12 heteroatoms. The van der Waals surface area contributed by atoms with E-state index in [1.807, 2.05) is 0 Å². The van der Waals surface area contributed by atoms with Gasteiger partial charge in [0, 0.05) is 25.3 Å². The quantitative estimate of drug-likeness (QED) is 0.444. The standard InChI is InChI=1S/C21H23F2N5O4S/c1-10(32-2)12-6-7-13(15(8-12)33(3,30)31)24-14-9-16(26-21(29)11-4-5-11)25-19-17(14)27-20(28-19)18(22)23/h6-11,18H,4-5H2,1-3H3,(H3,24,25,26,27,28,29). The number of hydrogen-bond acceptors (Lipinski definition) is 7. The molecular formula is C21H23F2N5O4S. The second-order valence-corrected chi connectivity index (χ2v) is 9.95. The third-order valence-corrected chi connectivity index (χ3v) is 6.51. The lowest BCUT2D eigenvalue weighted by molar-refractivity contribution is -0.117. The van der Waals surface area contributed by atoms with E-state index in [4.69, 9.17) is 4.74 Å². The summed E-state index contributed by atoms with van der Waals surface area (Å²) in [6.45, 7) is 1.78. The lowest BCUT2D eigenvalue weighted by atomic mass is 10.1. The average Bonchev–Trinajstić information content (AvgIpc) is 3.51. The number of H-pyrrole nitrogens is 1. The molecule has 1 fully saturated rings. The van der Waals surface area contributed by atoms with Gasteiger partial charge in [0.15, 0.2) is 21.3 Å². The monoisotopic (exact) mass is 479 g/mol. The van der Waals surface area contributed by atoms with E-state index < -0.39 is 22.1 Å². The fourth-order valence-electron chi connectivity index (χ4n) is 3.33. The Morgan fingerprint density at radius 1 is 1.21 bits per heavy atom. The van der Waals surface area contributed by atoms with Gasteiger partial charge in [-0.05, 0) is 37.5 Å². The molecule has 0 aliphatic heterocycles. The smallest absolute Gasteiger partial charge is 0.295 e. The van der Waals surface area contributed by atoms with Crippen molar-refractivity contribution in [3.63, 3.8) is 0 Å². The molecule has 1 aromatic carbocycles. The fourth-order valence-corrected chi connectivity index (χ4v) is 4.20. The molecule has 1 atom stereocenters. The molecule has 0 radical (unpaired) electrons. The van der Waals surface area contributed by atoms with Crippen LogP contribution in [0.5, 0.6) is 0 Å². The molecule has 0 bridgehead atoms. The van der Waals surface area contributed by atoms with E-state index in [0.717, 1.165) is 19.1 Å². The van der Waals surface area contributed by atoms with Gasteiger partial charge in [-0.25, -0.2) is 27.2 Å². The predicted octanol–water partition coefficient (Wildman–Crippen LogP) is 4.10. The maximum Gasteiger partial charge on any atom is 0.295 e. The zero-order chi connectivity index (χ0) is 23.9. The third kappa shape index (κ3) is 4.96. The maximum atomic E-state index is 13.3. The van der Waals surface area contributed by atoms with Crippen LogP contribution < -0.4 is 10.6 Å². The van der Waals surface area contributed by atoms with Crippen LogP contribution in [0.2, 0.25) is 0 Å². The Balaban J connectivity index is 1.80. The number of aromatic nitrogens is 3. The highest BCUT2D eigenvalue weighted by molar-refractivity contribution is 7.90. The van der Waals surface area contributed by atoms with Gasteiger partial charge in [0.25, 0.3) is 6.43 Å². The second kappa shape index (κ2) is 8.67. The lowest BCUT2D eigenvalue weighted by Gasteiger charge is -2.16. The molecule has 9 nitrogen and oxygen atoms in total. The molecule has 2 aromatic heterocycles. The lowest BCUT2D eigenvalue weighted by Crippen LogP contribution is -2.14. The molecule has 3 aromatic rings. The number of rotatable bonds is 8. The van der Waals surface area contributed by atoms with Crippen molar-refractivity contribution in [2.24, 2.45) is 5.92 Å². The Bertz CT molecular complexity index is 1320. The maximum absolute atomic E-state index is 13.3.